The number of para-hydroxylation sites is 1. The number of hydrogen-bond donors (Lipinski definition) is 2. The smallest absolute Gasteiger partial charge is 0.459 e. The molecule has 1 saturated carbocycles. The van der Waals surface area contributed by atoms with Crippen LogP contribution in [0.4, 0.5) is 0 Å². The third-order valence-electron chi connectivity index (χ3n) is 6.59. The number of carbonyl (C=O) groups excluding carboxylic acids is 2. The fraction of sp³-hybridized carbons (Fsp3) is 0.538. The highest BCUT2D eigenvalue weighted by atomic mass is 31.2. The van der Waals surface area contributed by atoms with Gasteiger partial charge in [-0.25, -0.2) is 4.57 Å². The minimum absolute atomic E-state index is 0.0120. The topological polar surface area (TPSA) is 129 Å². The summed E-state index contributed by atoms with van der Waals surface area (Å²) in [5.41, 5.74) is 5.92. The zero-order valence-electron chi connectivity index (χ0n) is 21.1. The predicted molar refractivity (Wildman–Crippen MR) is 137 cm³/mol. The second-order valence-electron chi connectivity index (χ2n) is 9.59. The Bertz CT molecular complexity index is 1040. The van der Waals surface area contributed by atoms with Crippen molar-refractivity contribution < 1.29 is 32.7 Å². The summed E-state index contributed by atoms with van der Waals surface area (Å²) >= 11 is 0. The van der Waals surface area contributed by atoms with E-state index in [1.807, 2.05) is 23.2 Å². The molecule has 1 aromatic carbocycles. The van der Waals surface area contributed by atoms with Gasteiger partial charge >= 0.3 is 13.7 Å². The SMILES string of the molecule is CC(NP(=O)(OCC1CCC(N2C=CCC(C(N)=O)=C2)O1)Oc1ccccc1)C(=O)OC1CCCCC1. The Kier molecular flexibility index (Phi) is 9.43. The van der Waals surface area contributed by atoms with E-state index in [2.05, 4.69) is 5.09 Å². The highest BCUT2D eigenvalue weighted by Gasteiger charge is 2.36. The number of carbonyl (C=O) groups is 2. The van der Waals surface area contributed by atoms with Gasteiger partial charge in [-0.2, -0.15) is 5.09 Å². The number of allylic oxidation sites excluding steroid dienone is 1. The third-order valence-corrected chi connectivity index (χ3v) is 8.24. The van der Waals surface area contributed by atoms with E-state index < -0.39 is 25.7 Å². The molecule has 1 saturated heterocycles. The van der Waals surface area contributed by atoms with Crippen molar-refractivity contribution >= 4 is 19.6 Å². The molecule has 4 atom stereocenters. The van der Waals surface area contributed by atoms with Gasteiger partial charge in [0.05, 0.1) is 12.7 Å². The van der Waals surface area contributed by atoms with Crippen molar-refractivity contribution in [2.45, 2.75) is 82.8 Å². The lowest BCUT2D eigenvalue weighted by atomic mass is 9.98. The van der Waals surface area contributed by atoms with Crippen LogP contribution in [0, 0.1) is 0 Å². The largest absolute Gasteiger partial charge is 0.461 e. The van der Waals surface area contributed by atoms with Gasteiger partial charge in [0.2, 0.25) is 5.91 Å². The van der Waals surface area contributed by atoms with Crippen LogP contribution in [0.25, 0.3) is 0 Å². The van der Waals surface area contributed by atoms with Gasteiger partial charge in [-0.15, -0.1) is 0 Å². The van der Waals surface area contributed by atoms with E-state index in [0.717, 1.165) is 32.1 Å². The first-order chi connectivity index (χ1) is 17.8. The van der Waals surface area contributed by atoms with Crippen LogP contribution in [0.2, 0.25) is 0 Å². The number of esters is 1. The highest BCUT2D eigenvalue weighted by Crippen LogP contribution is 2.45. The molecule has 1 aromatic rings. The average Bonchev–Trinajstić information content (AvgIpc) is 3.38. The van der Waals surface area contributed by atoms with Crippen molar-refractivity contribution in [3.8, 4) is 5.75 Å². The molecule has 37 heavy (non-hydrogen) atoms. The molecule has 2 aliphatic heterocycles. The third kappa shape index (κ3) is 7.92. The van der Waals surface area contributed by atoms with E-state index in [1.165, 1.54) is 0 Å². The number of benzene rings is 1. The van der Waals surface area contributed by atoms with Crippen LogP contribution in [0.15, 0.2) is 54.4 Å². The maximum atomic E-state index is 13.7. The molecular formula is C26H36N3O7P. The van der Waals surface area contributed by atoms with E-state index in [9.17, 15) is 14.2 Å². The van der Waals surface area contributed by atoms with Gasteiger partial charge in [-0.05, 0) is 64.0 Å². The van der Waals surface area contributed by atoms with Crippen LogP contribution in [-0.4, -0.2) is 47.9 Å². The first-order valence-corrected chi connectivity index (χ1v) is 14.4. The van der Waals surface area contributed by atoms with E-state index in [4.69, 9.17) is 24.3 Å². The molecule has 1 aliphatic carbocycles. The summed E-state index contributed by atoms with van der Waals surface area (Å²) in [6.45, 7) is 1.57. The van der Waals surface area contributed by atoms with E-state index in [1.54, 1.807) is 37.4 Å². The number of ether oxygens (including phenoxy) is 2. The second kappa shape index (κ2) is 12.7. The van der Waals surface area contributed by atoms with Crippen molar-refractivity contribution in [1.29, 1.82) is 0 Å². The number of nitrogens with two attached hydrogens (primary N) is 1. The van der Waals surface area contributed by atoms with E-state index >= 15 is 0 Å². The van der Waals surface area contributed by atoms with Crippen LogP contribution < -0.4 is 15.3 Å². The number of nitrogens with zero attached hydrogens (tertiary/aromatic N) is 1. The molecule has 4 rings (SSSR count). The van der Waals surface area contributed by atoms with Crippen molar-refractivity contribution in [1.82, 2.24) is 9.99 Å². The Hall–Kier alpha value is -2.65. The molecule has 202 valence electrons. The van der Waals surface area contributed by atoms with Crippen molar-refractivity contribution in [2.24, 2.45) is 5.73 Å². The number of rotatable bonds is 11. The summed E-state index contributed by atoms with van der Waals surface area (Å²) in [4.78, 5) is 26.1. The number of nitrogens with one attached hydrogen (secondary N) is 1. The summed E-state index contributed by atoms with van der Waals surface area (Å²) in [5, 5.41) is 2.75. The second-order valence-corrected chi connectivity index (χ2v) is 11.3. The lowest BCUT2D eigenvalue weighted by Crippen LogP contribution is -2.38. The average molecular weight is 534 g/mol. The van der Waals surface area contributed by atoms with Crippen LogP contribution in [0.5, 0.6) is 5.75 Å². The van der Waals surface area contributed by atoms with Crippen LogP contribution in [0.1, 0.15) is 58.3 Å². The van der Waals surface area contributed by atoms with Gasteiger partial charge in [0.1, 0.15) is 24.1 Å². The Labute approximate surface area is 217 Å². The maximum Gasteiger partial charge on any atom is 0.459 e. The first-order valence-electron chi connectivity index (χ1n) is 12.9. The van der Waals surface area contributed by atoms with Crippen molar-refractivity contribution in [3.05, 3.63) is 54.4 Å². The van der Waals surface area contributed by atoms with E-state index in [-0.39, 0.29) is 25.0 Å². The fourth-order valence-electron chi connectivity index (χ4n) is 4.58. The Morgan fingerprint density at radius 3 is 2.65 bits per heavy atom. The van der Waals surface area contributed by atoms with Gasteiger partial charge in [0, 0.05) is 18.0 Å². The van der Waals surface area contributed by atoms with Gasteiger partial charge in [0.15, 0.2) is 0 Å². The lowest BCUT2D eigenvalue weighted by molar-refractivity contribution is -0.152. The molecular weight excluding hydrogens is 497 g/mol. The minimum atomic E-state index is -3.96. The van der Waals surface area contributed by atoms with E-state index in [0.29, 0.717) is 30.6 Å². The standard InChI is InChI=1S/C26H36N3O7P/c1-19(26(31)35-21-10-4-2-5-11-21)28-37(32,36-22-12-6-3-7-13-22)33-18-23-14-15-24(34-23)29-16-8-9-20(17-29)25(27)30/h3,6-8,12-13,16-17,19,21,23-24H,2,4-5,9-11,14-15,18H2,1H3,(H2,27,30)(H,28,32). The van der Waals surface area contributed by atoms with Crippen LogP contribution in [0.3, 0.4) is 0 Å². The number of amides is 1. The quantitative estimate of drug-likeness (QED) is 0.318. The Morgan fingerprint density at radius 2 is 1.92 bits per heavy atom. The molecule has 0 aromatic heterocycles. The molecule has 3 N–H and O–H groups in total. The van der Waals surface area contributed by atoms with Crippen LogP contribution in [-0.2, 0) is 28.2 Å². The number of primary amides is 1. The monoisotopic (exact) mass is 533 g/mol. The van der Waals surface area contributed by atoms with Crippen molar-refractivity contribution in [2.75, 3.05) is 6.61 Å². The molecule has 1 amide bonds. The molecule has 2 fully saturated rings. The molecule has 0 radical (unpaired) electrons. The summed E-state index contributed by atoms with van der Waals surface area (Å²) < 4.78 is 37.0. The minimum Gasteiger partial charge on any atom is -0.461 e. The summed E-state index contributed by atoms with van der Waals surface area (Å²) in [6, 6.07) is 7.75. The molecule has 11 heteroatoms. The van der Waals surface area contributed by atoms with Crippen LogP contribution >= 0.6 is 7.75 Å². The first kappa shape index (κ1) is 27.4. The van der Waals surface area contributed by atoms with Gasteiger partial charge in [-0.3, -0.25) is 14.1 Å². The molecule has 0 spiro atoms. The Balaban J connectivity index is 1.36. The molecule has 3 aliphatic rings. The highest BCUT2D eigenvalue weighted by molar-refractivity contribution is 7.52. The van der Waals surface area contributed by atoms with Gasteiger partial charge < -0.3 is 24.6 Å². The normalized spacial score (nSPS) is 24.7. The lowest BCUT2D eigenvalue weighted by Gasteiger charge is -2.28. The Morgan fingerprint density at radius 1 is 1.16 bits per heavy atom. The zero-order valence-corrected chi connectivity index (χ0v) is 22.0. The summed E-state index contributed by atoms with van der Waals surface area (Å²) in [6.07, 6.45) is 11.4. The molecule has 0 bridgehead atoms. The zero-order chi connectivity index (χ0) is 26.3. The molecule has 10 nitrogen and oxygen atoms in total. The van der Waals surface area contributed by atoms with Crippen molar-refractivity contribution in [3.63, 3.8) is 0 Å². The summed E-state index contributed by atoms with van der Waals surface area (Å²) in [7, 11) is -3.96. The van der Waals surface area contributed by atoms with Gasteiger partial charge in [0.25, 0.3) is 0 Å². The fourth-order valence-corrected chi connectivity index (χ4v) is 6.10. The summed E-state index contributed by atoms with van der Waals surface area (Å²) in [5.74, 6) is -0.606. The predicted octanol–water partition coefficient (Wildman–Crippen LogP) is 4.14. The maximum absolute atomic E-state index is 13.7. The number of hydrogen-bond acceptors (Lipinski definition) is 8. The van der Waals surface area contributed by atoms with Gasteiger partial charge in [-0.1, -0.05) is 30.7 Å². The molecule has 4 unspecified atom stereocenters. The molecule has 2 heterocycles.